The molecule has 0 aromatic carbocycles. The maximum atomic E-state index is 12.6. The zero-order valence-electron chi connectivity index (χ0n) is 12.8. The zero-order chi connectivity index (χ0) is 14.1. The van der Waals surface area contributed by atoms with Gasteiger partial charge in [0.1, 0.15) is 0 Å². The normalized spacial score (nSPS) is 36.7. The van der Waals surface area contributed by atoms with Gasteiger partial charge in [-0.3, -0.25) is 9.69 Å². The number of piperidine rings is 1. The molecule has 2 heterocycles. The van der Waals surface area contributed by atoms with Gasteiger partial charge < -0.3 is 10.6 Å². The molecule has 0 aromatic heterocycles. The summed E-state index contributed by atoms with van der Waals surface area (Å²) in [5, 5.41) is 0. The molecule has 2 N–H and O–H groups in total. The Hall–Kier alpha value is -0.610. The van der Waals surface area contributed by atoms with Gasteiger partial charge in [0, 0.05) is 32.2 Å². The van der Waals surface area contributed by atoms with Crippen LogP contribution < -0.4 is 5.73 Å². The minimum absolute atomic E-state index is 0.0471. The number of likely N-dealkylation sites (tertiary alicyclic amines) is 2. The van der Waals surface area contributed by atoms with Crippen LogP contribution in [0.4, 0.5) is 0 Å². The first kappa shape index (κ1) is 14.3. The fourth-order valence-corrected chi connectivity index (χ4v) is 4.40. The molecule has 3 fully saturated rings. The Morgan fingerprint density at radius 3 is 2.55 bits per heavy atom. The van der Waals surface area contributed by atoms with Crippen LogP contribution in [0.1, 0.15) is 45.4 Å². The summed E-state index contributed by atoms with van der Waals surface area (Å²) >= 11 is 0. The van der Waals surface area contributed by atoms with Crippen LogP contribution in [-0.2, 0) is 4.79 Å². The van der Waals surface area contributed by atoms with Crippen LogP contribution in [0.3, 0.4) is 0 Å². The lowest BCUT2D eigenvalue weighted by atomic mass is 9.78. The van der Waals surface area contributed by atoms with E-state index < -0.39 is 0 Å². The number of carbonyl (C=O) groups is 1. The van der Waals surface area contributed by atoms with E-state index in [4.69, 9.17) is 5.73 Å². The van der Waals surface area contributed by atoms with Crippen LogP contribution >= 0.6 is 0 Å². The van der Waals surface area contributed by atoms with Gasteiger partial charge in [0.15, 0.2) is 0 Å². The van der Waals surface area contributed by atoms with E-state index in [0.717, 1.165) is 32.1 Å². The summed E-state index contributed by atoms with van der Waals surface area (Å²) in [7, 11) is 0. The fraction of sp³-hybridized carbons (Fsp3) is 0.938. The first-order valence-electron chi connectivity index (χ1n) is 8.45. The first-order chi connectivity index (χ1) is 9.66. The molecule has 0 radical (unpaired) electrons. The Morgan fingerprint density at radius 1 is 1.10 bits per heavy atom. The van der Waals surface area contributed by atoms with Crippen molar-refractivity contribution >= 4 is 5.91 Å². The molecule has 3 rings (SSSR count). The molecule has 4 atom stereocenters. The van der Waals surface area contributed by atoms with Crippen LogP contribution in [0.15, 0.2) is 0 Å². The second-order valence-corrected chi connectivity index (χ2v) is 7.03. The number of amides is 1. The number of fused-ring (bicyclic) bond motifs is 1. The Bertz CT molecular complexity index is 354. The van der Waals surface area contributed by atoms with Crippen molar-refractivity contribution in [2.24, 2.45) is 17.6 Å². The van der Waals surface area contributed by atoms with E-state index in [2.05, 4.69) is 16.7 Å². The highest BCUT2D eigenvalue weighted by Crippen LogP contribution is 2.36. The van der Waals surface area contributed by atoms with Gasteiger partial charge in [0.25, 0.3) is 0 Å². The molecule has 2 aliphatic heterocycles. The summed E-state index contributed by atoms with van der Waals surface area (Å²) in [5.41, 5.74) is 6.28. The van der Waals surface area contributed by atoms with Crippen LogP contribution in [0.5, 0.6) is 0 Å². The number of carbonyl (C=O) groups excluding carboxylic acids is 1. The molecular formula is C16H29N3O. The van der Waals surface area contributed by atoms with Crippen molar-refractivity contribution < 1.29 is 4.79 Å². The maximum Gasteiger partial charge on any atom is 0.239 e. The smallest absolute Gasteiger partial charge is 0.239 e. The van der Waals surface area contributed by atoms with E-state index in [1.54, 1.807) is 0 Å². The summed E-state index contributed by atoms with van der Waals surface area (Å²) < 4.78 is 0. The predicted octanol–water partition coefficient (Wildman–Crippen LogP) is 1.45. The quantitative estimate of drug-likeness (QED) is 0.832. The fourth-order valence-electron chi connectivity index (χ4n) is 4.40. The third kappa shape index (κ3) is 2.73. The van der Waals surface area contributed by atoms with E-state index in [1.807, 2.05) is 0 Å². The van der Waals surface area contributed by atoms with E-state index in [9.17, 15) is 4.79 Å². The highest BCUT2D eigenvalue weighted by Gasteiger charge is 2.41. The van der Waals surface area contributed by atoms with E-state index in [0.29, 0.717) is 17.9 Å². The Kier molecular flexibility index (Phi) is 4.32. The molecule has 0 aromatic rings. The van der Waals surface area contributed by atoms with Crippen molar-refractivity contribution in [2.45, 2.75) is 57.5 Å². The van der Waals surface area contributed by atoms with Crippen molar-refractivity contribution in [3.63, 3.8) is 0 Å². The summed E-state index contributed by atoms with van der Waals surface area (Å²) in [5.74, 6) is 1.70. The molecule has 4 nitrogen and oxygen atoms in total. The van der Waals surface area contributed by atoms with E-state index in [-0.39, 0.29) is 6.04 Å². The Morgan fingerprint density at radius 2 is 1.85 bits per heavy atom. The van der Waals surface area contributed by atoms with Crippen LogP contribution in [-0.4, -0.2) is 54.0 Å². The van der Waals surface area contributed by atoms with Gasteiger partial charge in [-0.05, 0) is 50.9 Å². The van der Waals surface area contributed by atoms with Crippen molar-refractivity contribution in [3.8, 4) is 0 Å². The summed E-state index contributed by atoms with van der Waals surface area (Å²) in [6.45, 7) is 6.14. The van der Waals surface area contributed by atoms with Crippen LogP contribution in [0, 0.1) is 11.8 Å². The molecule has 0 bridgehead atoms. The molecule has 1 amide bonds. The van der Waals surface area contributed by atoms with Gasteiger partial charge in [-0.15, -0.1) is 0 Å². The Balaban J connectivity index is 1.60. The number of hydrogen-bond acceptors (Lipinski definition) is 3. The third-order valence-electron chi connectivity index (χ3n) is 5.76. The SMILES string of the molecule is CC(C(=O)N1CCCCC1)N1CC2CCCC(N)C2C1. The number of nitrogens with two attached hydrogens (primary N) is 1. The van der Waals surface area contributed by atoms with Gasteiger partial charge in [0.2, 0.25) is 5.91 Å². The largest absolute Gasteiger partial charge is 0.341 e. The maximum absolute atomic E-state index is 12.6. The van der Waals surface area contributed by atoms with Gasteiger partial charge >= 0.3 is 0 Å². The lowest BCUT2D eigenvalue weighted by Gasteiger charge is -2.33. The molecule has 4 unspecified atom stereocenters. The van der Waals surface area contributed by atoms with Gasteiger partial charge in [-0.2, -0.15) is 0 Å². The molecule has 1 saturated carbocycles. The van der Waals surface area contributed by atoms with Crippen molar-refractivity contribution in [1.82, 2.24) is 9.80 Å². The molecule has 4 heteroatoms. The molecule has 2 saturated heterocycles. The average Bonchev–Trinajstić information content (AvgIpc) is 2.92. The molecular weight excluding hydrogens is 250 g/mol. The molecule has 20 heavy (non-hydrogen) atoms. The number of nitrogens with zero attached hydrogens (tertiary/aromatic N) is 2. The lowest BCUT2D eigenvalue weighted by molar-refractivity contribution is -0.137. The molecule has 0 spiro atoms. The monoisotopic (exact) mass is 279 g/mol. The third-order valence-corrected chi connectivity index (χ3v) is 5.76. The lowest BCUT2D eigenvalue weighted by Crippen LogP contribution is -2.48. The average molecular weight is 279 g/mol. The summed E-state index contributed by atoms with van der Waals surface area (Å²) in [4.78, 5) is 17.1. The molecule has 3 aliphatic rings. The molecule has 114 valence electrons. The van der Waals surface area contributed by atoms with E-state index in [1.165, 1.54) is 38.5 Å². The van der Waals surface area contributed by atoms with Crippen LogP contribution in [0.25, 0.3) is 0 Å². The Labute approximate surface area is 122 Å². The van der Waals surface area contributed by atoms with E-state index >= 15 is 0 Å². The first-order valence-corrected chi connectivity index (χ1v) is 8.45. The number of hydrogen-bond donors (Lipinski definition) is 1. The highest BCUT2D eigenvalue weighted by molar-refractivity contribution is 5.81. The van der Waals surface area contributed by atoms with Crippen molar-refractivity contribution in [1.29, 1.82) is 0 Å². The minimum Gasteiger partial charge on any atom is -0.341 e. The molecule has 1 aliphatic carbocycles. The second-order valence-electron chi connectivity index (χ2n) is 7.03. The van der Waals surface area contributed by atoms with Gasteiger partial charge in [-0.25, -0.2) is 0 Å². The summed E-state index contributed by atoms with van der Waals surface area (Å²) in [6.07, 6.45) is 7.37. The van der Waals surface area contributed by atoms with Gasteiger partial charge in [0.05, 0.1) is 6.04 Å². The minimum atomic E-state index is 0.0471. The van der Waals surface area contributed by atoms with Gasteiger partial charge in [-0.1, -0.05) is 6.42 Å². The van der Waals surface area contributed by atoms with Crippen molar-refractivity contribution in [3.05, 3.63) is 0 Å². The predicted molar refractivity (Wildman–Crippen MR) is 80.3 cm³/mol. The number of rotatable bonds is 2. The standard InChI is InChI=1S/C16H29N3O/c1-12(16(20)18-8-3-2-4-9-18)19-10-13-6-5-7-15(17)14(13)11-19/h12-15H,2-11,17H2,1H3. The summed E-state index contributed by atoms with van der Waals surface area (Å²) in [6, 6.07) is 0.405. The van der Waals surface area contributed by atoms with Crippen LogP contribution in [0.2, 0.25) is 0 Å². The highest BCUT2D eigenvalue weighted by atomic mass is 16.2. The van der Waals surface area contributed by atoms with Crippen molar-refractivity contribution in [2.75, 3.05) is 26.2 Å². The second kappa shape index (κ2) is 6.02. The zero-order valence-corrected chi connectivity index (χ0v) is 12.8. The topological polar surface area (TPSA) is 49.6 Å².